The minimum atomic E-state index is -1.16. The molecule has 11 heteroatoms. The number of nitrogens with one attached hydrogen (secondary N) is 4. The number of imidazole rings is 1. The fourth-order valence-electron chi connectivity index (χ4n) is 2.47. The van der Waals surface area contributed by atoms with Crippen molar-refractivity contribution in [1.29, 1.82) is 0 Å². The third-order valence-electron chi connectivity index (χ3n) is 4.55. The van der Waals surface area contributed by atoms with E-state index in [1.165, 1.54) is 26.4 Å². The van der Waals surface area contributed by atoms with Crippen molar-refractivity contribution in [2.24, 2.45) is 11.7 Å². The van der Waals surface area contributed by atoms with Crippen molar-refractivity contribution in [2.75, 3.05) is 0 Å². The molecule has 5 unspecified atom stereocenters. The van der Waals surface area contributed by atoms with Crippen LogP contribution >= 0.6 is 0 Å². The van der Waals surface area contributed by atoms with Crippen molar-refractivity contribution >= 4 is 23.7 Å². The number of carbonyl (C=O) groups is 4. The van der Waals surface area contributed by atoms with E-state index in [4.69, 9.17) is 5.73 Å². The van der Waals surface area contributed by atoms with Crippen LogP contribution in [-0.2, 0) is 25.6 Å². The number of H-pyrrole nitrogens is 1. The van der Waals surface area contributed by atoms with Gasteiger partial charge in [-0.3, -0.25) is 14.4 Å². The number of aliphatic carboxylic acids is 1. The van der Waals surface area contributed by atoms with E-state index in [-0.39, 0.29) is 12.3 Å². The Labute approximate surface area is 169 Å². The van der Waals surface area contributed by atoms with E-state index < -0.39 is 47.9 Å². The summed E-state index contributed by atoms with van der Waals surface area (Å²) in [7, 11) is 0. The summed E-state index contributed by atoms with van der Waals surface area (Å²) in [5.74, 6) is -3.22. The zero-order valence-corrected chi connectivity index (χ0v) is 17.1. The molecule has 1 rings (SSSR count). The van der Waals surface area contributed by atoms with Crippen LogP contribution < -0.4 is 21.7 Å². The van der Waals surface area contributed by atoms with Crippen molar-refractivity contribution in [1.82, 2.24) is 25.9 Å². The number of hydrogen-bond donors (Lipinski definition) is 6. The van der Waals surface area contributed by atoms with Crippen molar-refractivity contribution in [3.63, 3.8) is 0 Å². The zero-order valence-electron chi connectivity index (χ0n) is 17.1. The summed E-state index contributed by atoms with van der Waals surface area (Å²) in [6.07, 6.45) is 3.54. The van der Waals surface area contributed by atoms with Crippen molar-refractivity contribution in [2.45, 2.75) is 64.7 Å². The van der Waals surface area contributed by atoms with E-state index in [0.717, 1.165) is 0 Å². The molecule has 0 spiro atoms. The molecule has 0 saturated carbocycles. The lowest BCUT2D eigenvalue weighted by Gasteiger charge is -2.25. The predicted octanol–water partition coefficient (Wildman–Crippen LogP) is -1.10. The van der Waals surface area contributed by atoms with Crippen LogP contribution in [0.25, 0.3) is 0 Å². The summed E-state index contributed by atoms with van der Waals surface area (Å²) >= 11 is 0. The van der Waals surface area contributed by atoms with Crippen LogP contribution in [0, 0.1) is 5.92 Å². The highest BCUT2D eigenvalue weighted by Gasteiger charge is 2.31. The highest BCUT2D eigenvalue weighted by molar-refractivity contribution is 5.93. The summed E-state index contributed by atoms with van der Waals surface area (Å²) in [6, 6.07) is -3.89. The maximum absolute atomic E-state index is 12.8. The maximum Gasteiger partial charge on any atom is 0.326 e. The van der Waals surface area contributed by atoms with Gasteiger partial charge in [-0.1, -0.05) is 20.3 Å². The van der Waals surface area contributed by atoms with Gasteiger partial charge in [-0.2, -0.15) is 0 Å². The van der Waals surface area contributed by atoms with Gasteiger partial charge >= 0.3 is 5.97 Å². The Morgan fingerprint density at radius 3 is 2.24 bits per heavy atom. The number of carboxylic acids is 1. The summed E-state index contributed by atoms with van der Waals surface area (Å²) in [5.41, 5.74) is 6.05. The number of amides is 3. The number of aromatic nitrogens is 2. The Hall–Kier alpha value is -2.95. The molecule has 7 N–H and O–H groups in total. The molecule has 11 nitrogen and oxygen atoms in total. The molecule has 1 heterocycles. The lowest BCUT2D eigenvalue weighted by Crippen LogP contribution is -2.57. The molecule has 162 valence electrons. The lowest BCUT2D eigenvalue weighted by molar-refractivity contribution is -0.143. The average molecular weight is 410 g/mol. The van der Waals surface area contributed by atoms with Gasteiger partial charge in [0.15, 0.2) is 0 Å². The Kier molecular flexibility index (Phi) is 9.26. The largest absolute Gasteiger partial charge is 0.480 e. The molecule has 0 aliphatic carbocycles. The quantitative estimate of drug-likeness (QED) is 0.268. The van der Waals surface area contributed by atoms with Crippen LogP contribution in [0.15, 0.2) is 12.5 Å². The first-order chi connectivity index (χ1) is 13.6. The Balaban J connectivity index is 2.92. The van der Waals surface area contributed by atoms with Crippen LogP contribution in [0.1, 0.15) is 39.8 Å². The Bertz CT molecular complexity index is 706. The van der Waals surface area contributed by atoms with Gasteiger partial charge in [0.05, 0.1) is 12.4 Å². The number of nitrogens with zero attached hydrogens (tertiary/aromatic N) is 1. The van der Waals surface area contributed by atoms with Gasteiger partial charge in [0.25, 0.3) is 0 Å². The van der Waals surface area contributed by atoms with Gasteiger partial charge in [-0.15, -0.1) is 0 Å². The molecular weight excluding hydrogens is 380 g/mol. The van der Waals surface area contributed by atoms with Gasteiger partial charge in [-0.05, 0) is 19.8 Å². The van der Waals surface area contributed by atoms with Crippen molar-refractivity contribution in [3.8, 4) is 0 Å². The normalized spacial score (nSPS) is 16.0. The van der Waals surface area contributed by atoms with Crippen LogP contribution in [0.2, 0.25) is 0 Å². The van der Waals surface area contributed by atoms with Gasteiger partial charge in [-0.25, -0.2) is 9.78 Å². The molecule has 0 radical (unpaired) electrons. The van der Waals surface area contributed by atoms with Crippen molar-refractivity contribution < 1.29 is 24.3 Å². The molecule has 0 aliphatic heterocycles. The summed E-state index contributed by atoms with van der Waals surface area (Å²) in [6.45, 7) is 6.47. The maximum atomic E-state index is 12.8. The molecule has 1 aromatic heterocycles. The summed E-state index contributed by atoms with van der Waals surface area (Å²) in [5, 5.41) is 16.9. The molecule has 1 aromatic rings. The third kappa shape index (κ3) is 7.53. The molecular formula is C18H30N6O5. The highest BCUT2D eigenvalue weighted by Crippen LogP contribution is 2.09. The fraction of sp³-hybridized carbons (Fsp3) is 0.611. The number of aromatic amines is 1. The number of nitrogens with two attached hydrogens (primary N) is 1. The first kappa shape index (κ1) is 24.1. The first-order valence-corrected chi connectivity index (χ1v) is 9.43. The van der Waals surface area contributed by atoms with Gasteiger partial charge in [0.2, 0.25) is 17.7 Å². The van der Waals surface area contributed by atoms with E-state index >= 15 is 0 Å². The number of carbonyl (C=O) groups excluding carboxylic acids is 3. The van der Waals surface area contributed by atoms with E-state index in [1.807, 2.05) is 6.92 Å². The molecule has 0 aromatic carbocycles. The minimum absolute atomic E-state index is 0.0678. The summed E-state index contributed by atoms with van der Waals surface area (Å²) in [4.78, 5) is 55.1. The van der Waals surface area contributed by atoms with Crippen LogP contribution in [0.3, 0.4) is 0 Å². The highest BCUT2D eigenvalue weighted by atomic mass is 16.4. The molecule has 29 heavy (non-hydrogen) atoms. The third-order valence-corrected chi connectivity index (χ3v) is 4.55. The Morgan fingerprint density at radius 2 is 1.76 bits per heavy atom. The molecule has 5 atom stereocenters. The minimum Gasteiger partial charge on any atom is -0.480 e. The van der Waals surface area contributed by atoms with Crippen LogP contribution in [-0.4, -0.2) is 62.9 Å². The fourth-order valence-corrected chi connectivity index (χ4v) is 2.47. The van der Waals surface area contributed by atoms with Crippen LogP contribution in [0.5, 0.6) is 0 Å². The molecule has 0 saturated heterocycles. The number of carboxylic acid groups (broad SMARTS) is 1. The lowest BCUT2D eigenvalue weighted by atomic mass is 9.98. The second-order valence-electron chi connectivity index (χ2n) is 7.07. The van der Waals surface area contributed by atoms with E-state index in [2.05, 4.69) is 25.9 Å². The van der Waals surface area contributed by atoms with Gasteiger partial charge in [0, 0.05) is 18.3 Å². The van der Waals surface area contributed by atoms with Crippen molar-refractivity contribution in [3.05, 3.63) is 18.2 Å². The SMILES string of the molecule is CCC(C)C(NC(=O)C(Cc1cnc[nH]1)NC(=O)C(C)NC(=O)C(C)N)C(=O)O. The first-order valence-electron chi connectivity index (χ1n) is 9.43. The second-order valence-corrected chi connectivity index (χ2v) is 7.07. The van der Waals surface area contributed by atoms with E-state index in [1.54, 1.807) is 6.92 Å². The number of rotatable bonds is 11. The summed E-state index contributed by atoms with van der Waals surface area (Å²) < 4.78 is 0. The van der Waals surface area contributed by atoms with Gasteiger partial charge < -0.3 is 31.8 Å². The molecule has 0 aliphatic rings. The zero-order chi connectivity index (χ0) is 22.1. The predicted molar refractivity (Wildman–Crippen MR) is 104 cm³/mol. The molecule has 3 amide bonds. The Morgan fingerprint density at radius 1 is 1.10 bits per heavy atom. The number of hydrogen-bond acceptors (Lipinski definition) is 6. The van der Waals surface area contributed by atoms with E-state index in [9.17, 15) is 24.3 Å². The molecule has 0 fully saturated rings. The molecule has 0 bridgehead atoms. The van der Waals surface area contributed by atoms with E-state index in [0.29, 0.717) is 12.1 Å². The topological polar surface area (TPSA) is 179 Å². The standard InChI is InChI=1S/C18H30N6O5/c1-5-9(2)14(18(28)29)24-17(27)13(6-12-7-20-8-21-12)23-16(26)11(4)22-15(25)10(3)19/h7-11,13-14H,5-6,19H2,1-4H3,(H,20,21)(H,22,25)(H,23,26)(H,24,27)(H,28,29). The average Bonchev–Trinajstić information content (AvgIpc) is 3.17. The van der Waals surface area contributed by atoms with Gasteiger partial charge in [0.1, 0.15) is 18.1 Å². The smallest absolute Gasteiger partial charge is 0.326 e. The monoisotopic (exact) mass is 410 g/mol. The van der Waals surface area contributed by atoms with Crippen LogP contribution in [0.4, 0.5) is 0 Å². The second kappa shape index (κ2) is 11.1.